The lowest BCUT2D eigenvalue weighted by atomic mass is 10.2. The fourth-order valence-corrected chi connectivity index (χ4v) is 2.01. The number of rotatable bonds is 8. The average molecular weight is 329 g/mol. The van der Waals surface area contributed by atoms with E-state index in [4.69, 9.17) is 9.47 Å². The fraction of sp³-hybridized carbons (Fsp3) is 0.333. The van der Waals surface area contributed by atoms with Gasteiger partial charge >= 0.3 is 0 Å². The number of nitrogens with one attached hydrogen (secondary N) is 2. The van der Waals surface area contributed by atoms with Gasteiger partial charge in [0.05, 0.1) is 24.6 Å². The molecule has 24 heavy (non-hydrogen) atoms. The molecule has 2 rings (SSSR count). The molecule has 6 heteroatoms. The molecule has 0 aliphatic rings. The summed E-state index contributed by atoms with van der Waals surface area (Å²) in [5.41, 5.74) is 1.90. The predicted octanol–water partition coefficient (Wildman–Crippen LogP) is 3.18. The van der Waals surface area contributed by atoms with Crippen LogP contribution in [0.15, 0.2) is 42.6 Å². The number of amides is 1. The number of methoxy groups -OCH3 is 1. The second-order valence-electron chi connectivity index (χ2n) is 5.50. The number of carbonyl (C=O) groups excluding carboxylic acids is 1. The molecule has 6 nitrogen and oxygen atoms in total. The van der Waals surface area contributed by atoms with Crippen LogP contribution < -0.4 is 15.4 Å². The third-order valence-electron chi connectivity index (χ3n) is 3.12. The summed E-state index contributed by atoms with van der Waals surface area (Å²) in [7, 11) is 1.65. The Kier molecular flexibility index (Phi) is 6.57. The Morgan fingerprint density at radius 1 is 1.12 bits per heavy atom. The van der Waals surface area contributed by atoms with E-state index in [0.717, 1.165) is 11.4 Å². The molecular formula is C18H23N3O3. The lowest BCUT2D eigenvalue weighted by Crippen LogP contribution is -2.14. The van der Waals surface area contributed by atoms with Gasteiger partial charge in [-0.25, -0.2) is 4.98 Å². The molecular weight excluding hydrogens is 306 g/mol. The minimum atomic E-state index is -0.254. The molecule has 0 radical (unpaired) electrons. The van der Waals surface area contributed by atoms with Crippen molar-refractivity contribution in [2.45, 2.75) is 20.0 Å². The summed E-state index contributed by atoms with van der Waals surface area (Å²) in [5.74, 6) is 0.517. The van der Waals surface area contributed by atoms with Gasteiger partial charge in [-0.05, 0) is 50.2 Å². The molecule has 0 saturated carbocycles. The Labute approximate surface area is 142 Å². The second kappa shape index (κ2) is 8.88. The first-order chi connectivity index (χ1) is 11.6. The zero-order valence-electron chi connectivity index (χ0n) is 14.2. The summed E-state index contributed by atoms with van der Waals surface area (Å²) >= 11 is 0. The first-order valence-electron chi connectivity index (χ1n) is 7.85. The Morgan fingerprint density at radius 2 is 1.83 bits per heavy atom. The Hall–Kier alpha value is -2.60. The van der Waals surface area contributed by atoms with Crippen molar-refractivity contribution in [2.24, 2.45) is 0 Å². The van der Waals surface area contributed by atoms with E-state index in [2.05, 4.69) is 15.6 Å². The van der Waals surface area contributed by atoms with Crippen molar-refractivity contribution < 1.29 is 14.3 Å². The molecule has 2 aromatic rings. The highest BCUT2D eigenvalue weighted by atomic mass is 16.5. The van der Waals surface area contributed by atoms with Crippen molar-refractivity contribution in [2.75, 3.05) is 30.9 Å². The average Bonchev–Trinajstić information content (AvgIpc) is 2.57. The summed E-state index contributed by atoms with van der Waals surface area (Å²) < 4.78 is 10.5. The lowest BCUT2D eigenvalue weighted by molar-refractivity contribution is 0.102. The van der Waals surface area contributed by atoms with E-state index in [1.807, 2.05) is 32.0 Å². The number of anilines is 2. The van der Waals surface area contributed by atoms with Crippen LogP contribution in [0.2, 0.25) is 0 Å². The number of benzene rings is 1. The fourth-order valence-electron chi connectivity index (χ4n) is 2.01. The van der Waals surface area contributed by atoms with Crippen LogP contribution in [0.5, 0.6) is 5.75 Å². The van der Waals surface area contributed by atoms with Crippen molar-refractivity contribution in [1.29, 1.82) is 0 Å². The van der Waals surface area contributed by atoms with Crippen molar-refractivity contribution in [3.63, 3.8) is 0 Å². The topological polar surface area (TPSA) is 72.5 Å². The normalized spacial score (nSPS) is 10.5. The van der Waals surface area contributed by atoms with E-state index in [9.17, 15) is 4.79 Å². The maximum atomic E-state index is 12.2. The van der Waals surface area contributed by atoms with E-state index < -0.39 is 0 Å². The third kappa shape index (κ3) is 5.55. The summed E-state index contributed by atoms with van der Waals surface area (Å²) in [6.07, 6.45) is 1.75. The van der Waals surface area contributed by atoms with Gasteiger partial charge in [-0.15, -0.1) is 0 Å². The number of ether oxygens (including phenoxy) is 2. The van der Waals surface area contributed by atoms with Crippen LogP contribution >= 0.6 is 0 Å². The molecule has 0 bridgehead atoms. The highest BCUT2D eigenvalue weighted by Crippen LogP contribution is 2.17. The van der Waals surface area contributed by atoms with Crippen LogP contribution in [-0.2, 0) is 4.74 Å². The molecule has 0 fully saturated rings. The van der Waals surface area contributed by atoms with Gasteiger partial charge in [-0.3, -0.25) is 4.79 Å². The monoisotopic (exact) mass is 329 g/mol. The first-order valence-corrected chi connectivity index (χ1v) is 7.85. The number of hydrogen-bond acceptors (Lipinski definition) is 5. The molecule has 0 unspecified atom stereocenters. The summed E-state index contributed by atoms with van der Waals surface area (Å²) in [5, 5.41) is 5.96. The second-order valence-corrected chi connectivity index (χ2v) is 5.50. The first kappa shape index (κ1) is 17.7. The van der Waals surface area contributed by atoms with Crippen molar-refractivity contribution >= 4 is 17.3 Å². The molecule has 1 aromatic carbocycles. The van der Waals surface area contributed by atoms with E-state index in [-0.39, 0.29) is 12.0 Å². The molecule has 0 aliphatic carbocycles. The van der Waals surface area contributed by atoms with Crippen molar-refractivity contribution in [3.8, 4) is 5.75 Å². The molecule has 1 heterocycles. The maximum absolute atomic E-state index is 12.2. The van der Waals surface area contributed by atoms with Crippen LogP contribution in [0.25, 0.3) is 0 Å². The summed E-state index contributed by atoms with van der Waals surface area (Å²) in [6.45, 7) is 5.23. The largest absolute Gasteiger partial charge is 0.491 e. The van der Waals surface area contributed by atoms with Gasteiger partial charge in [-0.2, -0.15) is 0 Å². The van der Waals surface area contributed by atoms with Crippen LogP contribution in [0.1, 0.15) is 24.3 Å². The van der Waals surface area contributed by atoms with Gasteiger partial charge in [0.2, 0.25) is 0 Å². The zero-order valence-corrected chi connectivity index (χ0v) is 14.2. The molecule has 1 amide bonds. The Bertz CT molecular complexity index is 640. The third-order valence-corrected chi connectivity index (χ3v) is 3.12. The number of carbonyl (C=O) groups is 1. The Balaban J connectivity index is 1.91. The summed E-state index contributed by atoms with van der Waals surface area (Å²) in [6, 6.07) is 10.8. The number of nitrogens with zero attached hydrogens (tertiary/aromatic N) is 1. The Morgan fingerprint density at radius 3 is 2.42 bits per heavy atom. The van der Waals surface area contributed by atoms with Gasteiger partial charge in [0, 0.05) is 19.3 Å². The minimum absolute atomic E-state index is 0.116. The summed E-state index contributed by atoms with van der Waals surface area (Å²) in [4.78, 5) is 16.4. The van der Waals surface area contributed by atoms with Gasteiger partial charge in [0.15, 0.2) is 0 Å². The van der Waals surface area contributed by atoms with Crippen LogP contribution in [0.4, 0.5) is 11.4 Å². The van der Waals surface area contributed by atoms with E-state index in [1.54, 1.807) is 31.5 Å². The van der Waals surface area contributed by atoms with E-state index in [0.29, 0.717) is 24.5 Å². The van der Waals surface area contributed by atoms with Gasteiger partial charge in [0.25, 0.3) is 5.91 Å². The zero-order chi connectivity index (χ0) is 17.4. The standard InChI is InChI=1S/C18H23N3O3/c1-13(2)24-16-7-4-14(5-8-16)21-18(22)17-9-6-15(12-20-17)19-10-11-23-3/h4-9,12-13,19H,10-11H2,1-3H3,(H,21,22). The molecule has 2 N–H and O–H groups in total. The molecule has 128 valence electrons. The lowest BCUT2D eigenvalue weighted by Gasteiger charge is -2.10. The van der Waals surface area contributed by atoms with E-state index in [1.165, 1.54) is 0 Å². The number of hydrogen-bond donors (Lipinski definition) is 2. The van der Waals surface area contributed by atoms with Gasteiger partial charge in [0.1, 0.15) is 11.4 Å². The molecule has 0 spiro atoms. The van der Waals surface area contributed by atoms with Crippen LogP contribution in [0, 0.1) is 0 Å². The molecule has 0 aliphatic heterocycles. The van der Waals surface area contributed by atoms with Gasteiger partial charge in [-0.1, -0.05) is 0 Å². The predicted molar refractivity (Wildman–Crippen MR) is 94.8 cm³/mol. The van der Waals surface area contributed by atoms with Crippen LogP contribution in [0.3, 0.4) is 0 Å². The highest BCUT2D eigenvalue weighted by Gasteiger charge is 2.08. The van der Waals surface area contributed by atoms with Crippen molar-refractivity contribution in [1.82, 2.24) is 4.98 Å². The minimum Gasteiger partial charge on any atom is -0.491 e. The molecule has 0 atom stereocenters. The maximum Gasteiger partial charge on any atom is 0.274 e. The van der Waals surface area contributed by atoms with Gasteiger partial charge < -0.3 is 20.1 Å². The molecule has 1 aromatic heterocycles. The molecule has 0 saturated heterocycles. The smallest absolute Gasteiger partial charge is 0.274 e. The number of aromatic nitrogens is 1. The highest BCUT2D eigenvalue weighted by molar-refractivity contribution is 6.02. The number of pyridine rings is 1. The van der Waals surface area contributed by atoms with Crippen molar-refractivity contribution in [3.05, 3.63) is 48.3 Å². The quantitative estimate of drug-likeness (QED) is 0.728. The van der Waals surface area contributed by atoms with E-state index >= 15 is 0 Å². The SMILES string of the molecule is COCCNc1ccc(C(=O)Nc2ccc(OC(C)C)cc2)nc1. The van der Waals surface area contributed by atoms with Crippen LogP contribution in [-0.4, -0.2) is 37.3 Å².